The van der Waals surface area contributed by atoms with E-state index in [4.69, 9.17) is 5.73 Å². The van der Waals surface area contributed by atoms with Crippen LogP contribution in [0.4, 0.5) is 0 Å². The number of rotatable bonds is 5. The first-order valence-electron chi connectivity index (χ1n) is 10.4. The van der Waals surface area contributed by atoms with Crippen LogP contribution in [-0.2, 0) is 20.9 Å². The van der Waals surface area contributed by atoms with Gasteiger partial charge in [0.15, 0.2) is 11.6 Å². The smallest absolute Gasteiger partial charge is 0.288 e. The van der Waals surface area contributed by atoms with Gasteiger partial charge in [0.2, 0.25) is 5.91 Å². The fourth-order valence-electron chi connectivity index (χ4n) is 5.30. The van der Waals surface area contributed by atoms with Crippen LogP contribution in [0.1, 0.15) is 43.4 Å². The number of nitrogens with zero attached hydrogens (tertiary/aromatic N) is 1. The second kappa shape index (κ2) is 7.93. The lowest BCUT2D eigenvalue weighted by Gasteiger charge is -2.44. The summed E-state index contributed by atoms with van der Waals surface area (Å²) >= 11 is 1.56. The molecule has 3 amide bonds. The zero-order valence-electron chi connectivity index (χ0n) is 16.2. The second-order valence-electron chi connectivity index (χ2n) is 8.42. The van der Waals surface area contributed by atoms with Crippen molar-refractivity contribution in [1.29, 1.82) is 0 Å². The summed E-state index contributed by atoms with van der Waals surface area (Å²) in [5, 5.41) is 1.96. The molecule has 3 aliphatic rings. The van der Waals surface area contributed by atoms with Crippen molar-refractivity contribution < 1.29 is 24.2 Å². The molecule has 152 valence electrons. The Hall–Kier alpha value is -1.77. The highest BCUT2D eigenvalue weighted by molar-refractivity contribution is 7.09. The van der Waals surface area contributed by atoms with Gasteiger partial charge in [-0.05, 0) is 30.7 Å². The molecule has 7 nitrogen and oxygen atoms in total. The fraction of sp³-hybridized carbons (Fsp3) is 0.650. The van der Waals surface area contributed by atoms with Gasteiger partial charge in [0.1, 0.15) is 0 Å². The van der Waals surface area contributed by atoms with E-state index in [1.54, 1.807) is 11.3 Å². The minimum atomic E-state index is -0.494. The summed E-state index contributed by atoms with van der Waals surface area (Å²) in [5.41, 5.74) is 5.39. The summed E-state index contributed by atoms with van der Waals surface area (Å²) in [6.07, 6.45) is 5.21. The molecule has 28 heavy (non-hydrogen) atoms. The SMILES string of the molecule is NC(=O)C1([NH+]2CCCCC2)CC[NH+]([C@H]2CC(=O)N(Cc3cccs3)C2=O)CC1. The number of nitrogens with two attached hydrogens (primary N) is 1. The Bertz CT molecular complexity index is 737. The molecule has 3 fully saturated rings. The van der Waals surface area contributed by atoms with Crippen LogP contribution >= 0.6 is 11.3 Å². The van der Waals surface area contributed by atoms with Crippen LogP contribution in [0.2, 0.25) is 0 Å². The minimum absolute atomic E-state index is 0.0645. The molecule has 0 bridgehead atoms. The van der Waals surface area contributed by atoms with Gasteiger partial charge in [-0.1, -0.05) is 6.07 Å². The van der Waals surface area contributed by atoms with Crippen molar-refractivity contribution in [2.45, 2.75) is 56.7 Å². The van der Waals surface area contributed by atoms with E-state index in [-0.39, 0.29) is 30.2 Å². The third-order valence-corrected chi connectivity index (χ3v) is 7.84. The minimum Gasteiger partial charge on any atom is -0.364 e. The standard InChI is InChI=1S/C20H28N4O3S/c21-19(27)20(23-8-2-1-3-9-23)6-10-22(11-7-20)16-13-17(25)24(18(16)26)14-15-5-4-12-28-15/h4-5,12,16H,1-3,6-11,13-14H2,(H2,21,27)/p+2/t16-/m0/s1. The van der Waals surface area contributed by atoms with E-state index >= 15 is 0 Å². The van der Waals surface area contributed by atoms with Gasteiger partial charge >= 0.3 is 0 Å². The van der Waals surface area contributed by atoms with Gasteiger partial charge in [0.05, 0.1) is 52.0 Å². The maximum atomic E-state index is 12.9. The topological polar surface area (TPSA) is 89.3 Å². The molecule has 4 heterocycles. The number of amides is 3. The highest BCUT2D eigenvalue weighted by atomic mass is 32.1. The maximum absolute atomic E-state index is 12.9. The molecule has 0 spiro atoms. The quantitative estimate of drug-likeness (QED) is 0.512. The first-order chi connectivity index (χ1) is 13.5. The van der Waals surface area contributed by atoms with E-state index in [1.165, 1.54) is 16.2 Å². The lowest BCUT2D eigenvalue weighted by Crippen LogP contribution is -3.27. The largest absolute Gasteiger partial charge is 0.364 e. The summed E-state index contributed by atoms with van der Waals surface area (Å²) < 4.78 is 0. The Morgan fingerprint density at radius 3 is 2.50 bits per heavy atom. The van der Waals surface area contributed by atoms with E-state index in [0.717, 1.165) is 48.8 Å². The van der Waals surface area contributed by atoms with Gasteiger partial charge in [0, 0.05) is 4.88 Å². The maximum Gasteiger partial charge on any atom is 0.288 e. The second-order valence-corrected chi connectivity index (χ2v) is 9.46. The van der Waals surface area contributed by atoms with Crippen molar-refractivity contribution in [3.63, 3.8) is 0 Å². The molecule has 1 aromatic heterocycles. The molecular weight excluding hydrogens is 376 g/mol. The summed E-state index contributed by atoms with van der Waals surface area (Å²) in [4.78, 5) is 42.7. The van der Waals surface area contributed by atoms with Crippen LogP contribution < -0.4 is 15.5 Å². The Balaban J connectivity index is 1.42. The number of primary amides is 1. The summed E-state index contributed by atoms with van der Waals surface area (Å²) in [6, 6.07) is 3.58. The molecule has 1 aromatic rings. The van der Waals surface area contributed by atoms with Crippen molar-refractivity contribution >= 4 is 29.1 Å². The average Bonchev–Trinajstić information content (AvgIpc) is 3.32. The predicted octanol–water partition coefficient (Wildman–Crippen LogP) is -1.65. The van der Waals surface area contributed by atoms with E-state index in [2.05, 4.69) is 0 Å². The van der Waals surface area contributed by atoms with Crippen LogP contribution in [-0.4, -0.2) is 60.4 Å². The van der Waals surface area contributed by atoms with Crippen LogP contribution in [0.25, 0.3) is 0 Å². The number of quaternary nitrogens is 2. The zero-order valence-corrected chi connectivity index (χ0v) is 17.1. The fourth-order valence-corrected chi connectivity index (χ4v) is 6.00. The number of nitrogens with one attached hydrogen (secondary N) is 2. The Labute approximate surface area is 169 Å². The van der Waals surface area contributed by atoms with Gasteiger partial charge in [0.25, 0.3) is 11.8 Å². The highest BCUT2D eigenvalue weighted by Gasteiger charge is 2.54. The third-order valence-electron chi connectivity index (χ3n) is 6.98. The normalized spacial score (nSPS) is 32.1. The number of carbonyl (C=O) groups excluding carboxylic acids is 3. The summed E-state index contributed by atoms with van der Waals surface area (Å²) in [5.74, 6) is -0.341. The van der Waals surface area contributed by atoms with Gasteiger partial charge in [-0.2, -0.15) is 0 Å². The van der Waals surface area contributed by atoms with Crippen LogP contribution in [0.3, 0.4) is 0 Å². The van der Waals surface area contributed by atoms with E-state index in [1.807, 2.05) is 17.5 Å². The molecule has 0 aromatic carbocycles. The predicted molar refractivity (Wildman–Crippen MR) is 105 cm³/mol. The van der Waals surface area contributed by atoms with Crippen LogP contribution in [0, 0.1) is 0 Å². The highest BCUT2D eigenvalue weighted by Crippen LogP contribution is 2.20. The number of likely N-dealkylation sites (tertiary alicyclic amines) is 3. The summed E-state index contributed by atoms with van der Waals surface area (Å²) in [6.45, 7) is 3.84. The first kappa shape index (κ1) is 19.5. The van der Waals surface area contributed by atoms with Gasteiger partial charge in [-0.25, -0.2) is 0 Å². The van der Waals surface area contributed by atoms with Crippen molar-refractivity contribution in [1.82, 2.24) is 4.90 Å². The lowest BCUT2D eigenvalue weighted by atomic mass is 9.83. The Kier molecular flexibility index (Phi) is 5.53. The van der Waals surface area contributed by atoms with Crippen molar-refractivity contribution in [3.8, 4) is 0 Å². The number of hydrogen-bond donors (Lipinski definition) is 3. The monoisotopic (exact) mass is 406 g/mol. The number of thiophene rings is 1. The molecule has 8 heteroatoms. The van der Waals surface area contributed by atoms with Gasteiger partial charge < -0.3 is 15.5 Å². The molecule has 3 saturated heterocycles. The van der Waals surface area contributed by atoms with Crippen molar-refractivity contribution in [2.24, 2.45) is 5.73 Å². The van der Waals surface area contributed by atoms with Crippen LogP contribution in [0.5, 0.6) is 0 Å². The molecule has 3 aliphatic heterocycles. The molecule has 0 saturated carbocycles. The number of imide groups is 1. The molecular formula is C20H30N4O3S+2. The molecule has 0 aliphatic carbocycles. The molecule has 1 atom stereocenters. The number of carbonyl (C=O) groups is 3. The Morgan fingerprint density at radius 2 is 1.89 bits per heavy atom. The lowest BCUT2D eigenvalue weighted by molar-refractivity contribution is -0.978. The third kappa shape index (κ3) is 3.49. The molecule has 0 radical (unpaired) electrons. The van der Waals surface area contributed by atoms with E-state index in [9.17, 15) is 14.4 Å². The van der Waals surface area contributed by atoms with Gasteiger partial charge in [-0.15, -0.1) is 11.3 Å². The molecule has 4 N–H and O–H groups in total. The molecule has 4 rings (SSSR count). The number of piperidine rings is 2. The van der Waals surface area contributed by atoms with Crippen molar-refractivity contribution in [3.05, 3.63) is 22.4 Å². The van der Waals surface area contributed by atoms with E-state index < -0.39 is 5.54 Å². The Morgan fingerprint density at radius 1 is 1.18 bits per heavy atom. The van der Waals surface area contributed by atoms with E-state index in [0.29, 0.717) is 19.4 Å². The van der Waals surface area contributed by atoms with Crippen molar-refractivity contribution in [2.75, 3.05) is 26.2 Å². The van der Waals surface area contributed by atoms with Crippen LogP contribution in [0.15, 0.2) is 17.5 Å². The molecule has 0 unspecified atom stereocenters. The average molecular weight is 407 g/mol. The number of hydrogen-bond acceptors (Lipinski definition) is 4. The first-order valence-corrected chi connectivity index (χ1v) is 11.3. The zero-order chi connectivity index (χ0) is 19.7. The summed E-state index contributed by atoms with van der Waals surface area (Å²) in [7, 11) is 0. The van der Waals surface area contributed by atoms with Gasteiger partial charge in [-0.3, -0.25) is 19.3 Å².